The molecule has 0 saturated carbocycles. The predicted molar refractivity (Wildman–Crippen MR) is 72.0 cm³/mol. The minimum Gasteiger partial charge on any atom is -1.00 e. The van der Waals surface area contributed by atoms with E-state index in [1.807, 2.05) is 6.07 Å². The third kappa shape index (κ3) is 3.82. The van der Waals surface area contributed by atoms with Crippen molar-refractivity contribution in [2.75, 3.05) is 6.61 Å². The molecule has 4 heteroatoms. The van der Waals surface area contributed by atoms with Crippen LogP contribution in [-0.4, -0.2) is 11.2 Å². The molecule has 2 aromatic rings. The van der Waals surface area contributed by atoms with E-state index in [1.165, 1.54) is 11.4 Å². The second-order valence-electron chi connectivity index (χ2n) is 4.28. The SMILES string of the molecule is CCCOC[n+]1ccn(CC)c1-c1ccccc1.[Cl-]. The van der Waals surface area contributed by atoms with Gasteiger partial charge in [-0.3, -0.25) is 0 Å². The van der Waals surface area contributed by atoms with E-state index in [2.05, 4.69) is 59.6 Å². The Hall–Kier alpha value is -1.32. The smallest absolute Gasteiger partial charge is 0.290 e. The monoisotopic (exact) mass is 280 g/mol. The van der Waals surface area contributed by atoms with Crippen LogP contribution in [0, 0.1) is 0 Å². The maximum Gasteiger partial charge on any atom is 0.290 e. The molecule has 0 bridgehead atoms. The maximum atomic E-state index is 5.64. The number of imidazole rings is 1. The van der Waals surface area contributed by atoms with E-state index in [0.717, 1.165) is 19.6 Å². The molecule has 2 rings (SSSR count). The fourth-order valence-electron chi connectivity index (χ4n) is 2.05. The molecule has 104 valence electrons. The summed E-state index contributed by atoms with van der Waals surface area (Å²) in [5.74, 6) is 1.20. The van der Waals surface area contributed by atoms with Crippen LogP contribution in [-0.2, 0) is 18.0 Å². The fraction of sp³-hybridized carbons (Fsp3) is 0.400. The molecule has 0 amide bonds. The lowest BCUT2D eigenvalue weighted by molar-refractivity contribution is -0.722. The Kier molecular flexibility index (Phi) is 6.60. The lowest BCUT2D eigenvalue weighted by Crippen LogP contribution is -3.00. The average Bonchev–Trinajstić information content (AvgIpc) is 2.83. The third-order valence-corrected chi connectivity index (χ3v) is 2.92. The lowest BCUT2D eigenvalue weighted by Gasteiger charge is -2.04. The van der Waals surface area contributed by atoms with Crippen LogP contribution < -0.4 is 17.0 Å². The number of halogens is 1. The van der Waals surface area contributed by atoms with Crippen LogP contribution >= 0.6 is 0 Å². The van der Waals surface area contributed by atoms with Crippen molar-refractivity contribution < 1.29 is 21.7 Å². The highest BCUT2D eigenvalue weighted by Gasteiger charge is 2.17. The maximum absolute atomic E-state index is 5.64. The summed E-state index contributed by atoms with van der Waals surface area (Å²) in [6.07, 6.45) is 5.24. The van der Waals surface area contributed by atoms with Crippen LogP contribution in [0.5, 0.6) is 0 Å². The number of ether oxygens (including phenoxy) is 1. The van der Waals surface area contributed by atoms with Gasteiger partial charge in [-0.1, -0.05) is 25.1 Å². The number of aromatic nitrogens is 2. The first-order valence-electron chi connectivity index (χ1n) is 6.58. The highest BCUT2D eigenvalue weighted by Crippen LogP contribution is 2.15. The summed E-state index contributed by atoms with van der Waals surface area (Å²) in [7, 11) is 0. The Labute approximate surface area is 121 Å². The molecule has 0 atom stereocenters. The van der Waals surface area contributed by atoms with Crippen molar-refractivity contribution in [3.8, 4) is 11.4 Å². The Balaban J connectivity index is 0.00000180. The zero-order valence-electron chi connectivity index (χ0n) is 11.6. The molecule has 0 aliphatic rings. The molecule has 0 fully saturated rings. The quantitative estimate of drug-likeness (QED) is 0.532. The number of nitrogens with zero attached hydrogens (tertiary/aromatic N) is 2. The highest BCUT2D eigenvalue weighted by molar-refractivity contribution is 5.52. The first-order chi connectivity index (χ1) is 8.86. The second kappa shape index (κ2) is 7.97. The summed E-state index contributed by atoms with van der Waals surface area (Å²) in [5, 5.41) is 0. The summed E-state index contributed by atoms with van der Waals surface area (Å²) in [6.45, 7) is 6.66. The van der Waals surface area contributed by atoms with E-state index in [9.17, 15) is 0 Å². The molecule has 0 radical (unpaired) electrons. The molecular formula is C15H21ClN2O. The second-order valence-corrected chi connectivity index (χ2v) is 4.28. The first-order valence-corrected chi connectivity index (χ1v) is 6.58. The topological polar surface area (TPSA) is 18.0 Å². The first kappa shape index (κ1) is 15.7. The normalized spacial score (nSPS) is 10.2. The highest BCUT2D eigenvalue weighted by atomic mass is 35.5. The average molecular weight is 281 g/mol. The Morgan fingerprint density at radius 2 is 1.89 bits per heavy atom. The van der Waals surface area contributed by atoms with Crippen LogP contribution in [0.1, 0.15) is 20.3 Å². The van der Waals surface area contributed by atoms with Crippen molar-refractivity contribution in [2.24, 2.45) is 0 Å². The van der Waals surface area contributed by atoms with Crippen LogP contribution in [0.15, 0.2) is 42.7 Å². The molecule has 3 nitrogen and oxygen atoms in total. The van der Waals surface area contributed by atoms with Gasteiger partial charge < -0.3 is 17.1 Å². The van der Waals surface area contributed by atoms with Gasteiger partial charge in [-0.2, -0.15) is 0 Å². The number of rotatable bonds is 6. The Morgan fingerprint density at radius 1 is 1.16 bits per heavy atom. The number of benzene rings is 1. The van der Waals surface area contributed by atoms with Gasteiger partial charge in [-0.25, -0.2) is 9.13 Å². The minimum atomic E-state index is 0. The summed E-state index contributed by atoms with van der Waals surface area (Å²) in [4.78, 5) is 0. The molecule has 0 aliphatic carbocycles. The fourth-order valence-corrected chi connectivity index (χ4v) is 2.05. The van der Waals surface area contributed by atoms with E-state index >= 15 is 0 Å². The molecule has 0 aliphatic heterocycles. The van der Waals surface area contributed by atoms with Crippen molar-refractivity contribution in [1.29, 1.82) is 0 Å². The molecule has 0 unspecified atom stereocenters. The molecule has 1 aromatic heterocycles. The molecule has 19 heavy (non-hydrogen) atoms. The van der Waals surface area contributed by atoms with Gasteiger partial charge in [-0.15, -0.1) is 0 Å². The summed E-state index contributed by atoms with van der Waals surface area (Å²) in [6, 6.07) is 10.5. The van der Waals surface area contributed by atoms with Crippen LogP contribution in [0.2, 0.25) is 0 Å². The molecule has 0 saturated heterocycles. The zero-order chi connectivity index (χ0) is 12.8. The van der Waals surface area contributed by atoms with E-state index in [1.54, 1.807) is 0 Å². The Morgan fingerprint density at radius 3 is 2.53 bits per heavy atom. The minimum absolute atomic E-state index is 0. The van der Waals surface area contributed by atoms with Gasteiger partial charge in [-0.05, 0) is 25.5 Å². The molecule has 0 spiro atoms. The van der Waals surface area contributed by atoms with Crippen molar-refractivity contribution in [1.82, 2.24) is 4.57 Å². The Bertz CT molecular complexity index is 482. The van der Waals surface area contributed by atoms with E-state index in [0.29, 0.717) is 6.73 Å². The van der Waals surface area contributed by atoms with Gasteiger partial charge in [0.25, 0.3) is 5.82 Å². The van der Waals surface area contributed by atoms with Crippen LogP contribution in [0.4, 0.5) is 0 Å². The number of hydrogen-bond acceptors (Lipinski definition) is 1. The molecule has 1 heterocycles. The zero-order valence-corrected chi connectivity index (χ0v) is 12.3. The summed E-state index contributed by atoms with van der Waals surface area (Å²) >= 11 is 0. The van der Waals surface area contributed by atoms with Gasteiger partial charge in [0.1, 0.15) is 12.4 Å². The largest absolute Gasteiger partial charge is 1.00 e. The van der Waals surface area contributed by atoms with E-state index in [4.69, 9.17) is 4.74 Å². The van der Waals surface area contributed by atoms with Crippen LogP contribution in [0.3, 0.4) is 0 Å². The van der Waals surface area contributed by atoms with Gasteiger partial charge in [0.15, 0.2) is 6.73 Å². The van der Waals surface area contributed by atoms with Gasteiger partial charge in [0.05, 0.1) is 18.7 Å². The van der Waals surface area contributed by atoms with Crippen molar-refractivity contribution in [3.63, 3.8) is 0 Å². The van der Waals surface area contributed by atoms with Crippen LogP contribution in [0.25, 0.3) is 11.4 Å². The lowest BCUT2D eigenvalue weighted by atomic mass is 10.2. The van der Waals surface area contributed by atoms with Gasteiger partial charge in [0.2, 0.25) is 0 Å². The number of aryl methyl sites for hydroxylation is 1. The molecule has 1 aromatic carbocycles. The van der Waals surface area contributed by atoms with E-state index in [-0.39, 0.29) is 12.4 Å². The van der Waals surface area contributed by atoms with Crippen molar-refractivity contribution >= 4 is 0 Å². The van der Waals surface area contributed by atoms with E-state index < -0.39 is 0 Å². The predicted octanol–water partition coefficient (Wildman–Crippen LogP) is -0.149. The standard InChI is InChI=1S/C15H21N2O.ClH/c1-3-12-18-13-17-11-10-16(4-2)15(17)14-8-6-5-7-9-14;/h5-11H,3-4,12-13H2,1-2H3;1H/q+1;/p-1. The summed E-state index contributed by atoms with van der Waals surface area (Å²) < 4.78 is 10.0. The van der Waals surface area contributed by atoms with Gasteiger partial charge in [0, 0.05) is 0 Å². The van der Waals surface area contributed by atoms with Gasteiger partial charge >= 0.3 is 0 Å². The summed E-state index contributed by atoms with van der Waals surface area (Å²) in [5.41, 5.74) is 1.23. The van der Waals surface area contributed by atoms with Crippen molar-refractivity contribution in [2.45, 2.75) is 33.5 Å². The van der Waals surface area contributed by atoms with Crippen molar-refractivity contribution in [3.05, 3.63) is 42.7 Å². The molecule has 0 N–H and O–H groups in total. The molecular weight excluding hydrogens is 260 g/mol. The third-order valence-electron chi connectivity index (χ3n) is 2.92. The number of hydrogen-bond donors (Lipinski definition) is 0.